The molecule has 4 heteroatoms. The van der Waals surface area contributed by atoms with Crippen LogP contribution in [0.3, 0.4) is 0 Å². The summed E-state index contributed by atoms with van der Waals surface area (Å²) in [6.07, 6.45) is 2.68. The summed E-state index contributed by atoms with van der Waals surface area (Å²) in [4.78, 5) is 11.2. The molecule has 0 fully saturated rings. The molecule has 0 radical (unpaired) electrons. The molecular formula is C18H17N3O. The molecule has 0 saturated carbocycles. The van der Waals surface area contributed by atoms with Gasteiger partial charge in [0, 0.05) is 18.5 Å². The van der Waals surface area contributed by atoms with E-state index in [-0.39, 0.29) is 0 Å². The second-order valence-electron chi connectivity index (χ2n) is 5.52. The molecule has 4 nitrogen and oxygen atoms in total. The molecule has 22 heavy (non-hydrogen) atoms. The summed E-state index contributed by atoms with van der Waals surface area (Å²) in [6.45, 7) is 1.83. The third kappa shape index (κ3) is 2.17. The lowest BCUT2D eigenvalue weighted by Gasteiger charge is -2.30. The van der Waals surface area contributed by atoms with Crippen molar-refractivity contribution in [3.8, 4) is 5.75 Å². The topological polar surface area (TPSA) is 38.2 Å². The molecule has 0 unspecified atom stereocenters. The summed E-state index contributed by atoms with van der Waals surface area (Å²) >= 11 is 0. The van der Waals surface area contributed by atoms with Gasteiger partial charge in [-0.2, -0.15) is 0 Å². The highest BCUT2D eigenvalue weighted by molar-refractivity contribution is 5.89. The number of para-hydroxylation sites is 1. The van der Waals surface area contributed by atoms with Crippen LogP contribution in [0, 0.1) is 0 Å². The minimum Gasteiger partial charge on any atom is -0.497 e. The molecule has 1 aliphatic rings. The van der Waals surface area contributed by atoms with Crippen molar-refractivity contribution in [1.29, 1.82) is 0 Å². The third-order valence-corrected chi connectivity index (χ3v) is 4.25. The van der Waals surface area contributed by atoms with Crippen molar-refractivity contribution in [2.45, 2.75) is 13.0 Å². The molecule has 4 rings (SSSR count). The minimum atomic E-state index is 0.855. The Labute approximate surface area is 129 Å². The second-order valence-corrected chi connectivity index (χ2v) is 5.52. The van der Waals surface area contributed by atoms with E-state index in [9.17, 15) is 0 Å². The van der Waals surface area contributed by atoms with Crippen molar-refractivity contribution in [3.05, 3.63) is 59.9 Å². The summed E-state index contributed by atoms with van der Waals surface area (Å²) in [5.74, 6) is 1.92. The van der Waals surface area contributed by atoms with Crippen LogP contribution in [0.1, 0.15) is 11.1 Å². The first-order chi connectivity index (χ1) is 10.8. The second kappa shape index (κ2) is 5.30. The van der Waals surface area contributed by atoms with Gasteiger partial charge in [-0.15, -0.1) is 0 Å². The van der Waals surface area contributed by atoms with Gasteiger partial charge < -0.3 is 9.64 Å². The number of anilines is 1. The lowest BCUT2D eigenvalue weighted by atomic mass is 9.99. The van der Waals surface area contributed by atoms with Crippen LogP contribution in [0.2, 0.25) is 0 Å². The average molecular weight is 291 g/mol. The van der Waals surface area contributed by atoms with Crippen LogP contribution in [0.25, 0.3) is 10.9 Å². The summed E-state index contributed by atoms with van der Waals surface area (Å²) in [5, 5.41) is 1.11. The predicted octanol–water partition coefficient (Wildman–Crippen LogP) is 3.20. The van der Waals surface area contributed by atoms with Gasteiger partial charge in [-0.05, 0) is 41.8 Å². The Morgan fingerprint density at radius 2 is 1.95 bits per heavy atom. The van der Waals surface area contributed by atoms with Crippen LogP contribution < -0.4 is 9.64 Å². The Morgan fingerprint density at radius 3 is 2.86 bits per heavy atom. The zero-order chi connectivity index (χ0) is 14.9. The van der Waals surface area contributed by atoms with Crippen molar-refractivity contribution in [2.24, 2.45) is 0 Å². The van der Waals surface area contributed by atoms with Gasteiger partial charge in [0.1, 0.15) is 17.9 Å². The molecule has 1 aromatic heterocycles. The fourth-order valence-electron chi connectivity index (χ4n) is 3.08. The van der Waals surface area contributed by atoms with Crippen molar-refractivity contribution >= 4 is 16.7 Å². The van der Waals surface area contributed by atoms with E-state index in [2.05, 4.69) is 33.1 Å². The number of aromatic nitrogens is 2. The highest BCUT2D eigenvalue weighted by atomic mass is 16.5. The van der Waals surface area contributed by atoms with E-state index < -0.39 is 0 Å². The predicted molar refractivity (Wildman–Crippen MR) is 87.3 cm³/mol. The van der Waals surface area contributed by atoms with Gasteiger partial charge >= 0.3 is 0 Å². The molecule has 0 N–H and O–H groups in total. The first kappa shape index (κ1) is 13.1. The first-order valence-electron chi connectivity index (χ1n) is 7.45. The molecule has 2 aromatic carbocycles. The number of ether oxygens (including phenoxy) is 1. The molecule has 0 atom stereocenters. The van der Waals surface area contributed by atoms with Crippen LogP contribution in [-0.2, 0) is 13.0 Å². The van der Waals surface area contributed by atoms with Gasteiger partial charge in [0.15, 0.2) is 0 Å². The summed E-state index contributed by atoms with van der Waals surface area (Å²) in [5.41, 5.74) is 3.70. The number of nitrogens with zero attached hydrogens (tertiary/aromatic N) is 3. The molecule has 0 aliphatic carbocycles. The maximum atomic E-state index is 5.35. The molecule has 0 saturated heterocycles. The van der Waals surface area contributed by atoms with Crippen molar-refractivity contribution in [3.63, 3.8) is 0 Å². The van der Waals surface area contributed by atoms with Crippen LogP contribution in [0.15, 0.2) is 48.8 Å². The monoisotopic (exact) mass is 291 g/mol. The zero-order valence-corrected chi connectivity index (χ0v) is 12.5. The zero-order valence-electron chi connectivity index (χ0n) is 12.5. The summed E-state index contributed by atoms with van der Waals surface area (Å²) in [7, 11) is 1.71. The van der Waals surface area contributed by atoms with Gasteiger partial charge in [-0.25, -0.2) is 9.97 Å². The van der Waals surface area contributed by atoms with E-state index in [1.54, 1.807) is 13.4 Å². The molecule has 110 valence electrons. The molecule has 0 amide bonds. The van der Waals surface area contributed by atoms with Crippen LogP contribution in [0.4, 0.5) is 5.82 Å². The number of fused-ring (bicyclic) bond motifs is 2. The largest absolute Gasteiger partial charge is 0.497 e. The average Bonchev–Trinajstić information content (AvgIpc) is 2.60. The number of benzene rings is 2. The first-order valence-corrected chi connectivity index (χ1v) is 7.45. The van der Waals surface area contributed by atoms with Crippen LogP contribution in [-0.4, -0.2) is 23.6 Å². The van der Waals surface area contributed by atoms with Crippen LogP contribution in [0.5, 0.6) is 5.75 Å². The normalized spacial score (nSPS) is 14.0. The number of methoxy groups -OCH3 is 1. The molecule has 0 spiro atoms. The molecule has 0 bridgehead atoms. The van der Waals surface area contributed by atoms with Gasteiger partial charge in [0.2, 0.25) is 0 Å². The van der Waals surface area contributed by atoms with Crippen molar-refractivity contribution < 1.29 is 4.74 Å². The van der Waals surface area contributed by atoms with E-state index >= 15 is 0 Å². The van der Waals surface area contributed by atoms with Gasteiger partial charge in [0.25, 0.3) is 0 Å². The molecule has 3 aromatic rings. The number of rotatable bonds is 2. The molecular weight excluding hydrogens is 274 g/mol. The van der Waals surface area contributed by atoms with Crippen molar-refractivity contribution in [2.75, 3.05) is 18.6 Å². The lowest BCUT2D eigenvalue weighted by molar-refractivity contribution is 0.413. The molecule has 1 aliphatic heterocycles. The van der Waals surface area contributed by atoms with Gasteiger partial charge in [0.05, 0.1) is 12.6 Å². The highest BCUT2D eigenvalue weighted by Crippen LogP contribution is 2.29. The standard InChI is InChI=1S/C18H17N3O/c1-22-15-7-6-13-8-9-21(11-14(13)10-15)18-16-4-2-3-5-17(16)19-12-20-18/h2-7,10,12H,8-9,11H2,1H3. The summed E-state index contributed by atoms with van der Waals surface area (Å²) in [6, 6.07) is 14.5. The van der Waals surface area contributed by atoms with Crippen molar-refractivity contribution in [1.82, 2.24) is 9.97 Å². The maximum absolute atomic E-state index is 5.35. The fraction of sp³-hybridized carbons (Fsp3) is 0.222. The van der Waals surface area contributed by atoms with E-state index in [4.69, 9.17) is 4.74 Å². The summed E-state index contributed by atoms with van der Waals surface area (Å²) < 4.78 is 5.35. The van der Waals surface area contributed by atoms with E-state index in [1.165, 1.54) is 11.1 Å². The minimum absolute atomic E-state index is 0.855. The smallest absolute Gasteiger partial charge is 0.140 e. The Kier molecular flexibility index (Phi) is 3.15. The molecule has 2 heterocycles. The maximum Gasteiger partial charge on any atom is 0.140 e. The fourth-order valence-corrected chi connectivity index (χ4v) is 3.08. The number of hydrogen-bond acceptors (Lipinski definition) is 4. The Balaban J connectivity index is 1.74. The Bertz CT molecular complexity index is 826. The van der Waals surface area contributed by atoms with Gasteiger partial charge in [-0.1, -0.05) is 18.2 Å². The van der Waals surface area contributed by atoms with E-state index in [0.717, 1.165) is 42.0 Å². The Hall–Kier alpha value is -2.62. The van der Waals surface area contributed by atoms with E-state index in [1.807, 2.05) is 24.3 Å². The lowest BCUT2D eigenvalue weighted by Crippen LogP contribution is -2.31. The Morgan fingerprint density at radius 1 is 1.05 bits per heavy atom. The quantitative estimate of drug-likeness (QED) is 0.727. The van der Waals surface area contributed by atoms with E-state index in [0.29, 0.717) is 0 Å². The van der Waals surface area contributed by atoms with Gasteiger partial charge in [-0.3, -0.25) is 0 Å². The number of hydrogen-bond donors (Lipinski definition) is 0. The highest BCUT2D eigenvalue weighted by Gasteiger charge is 2.19. The van der Waals surface area contributed by atoms with Crippen LogP contribution >= 0.6 is 0 Å². The third-order valence-electron chi connectivity index (χ3n) is 4.25. The SMILES string of the molecule is COc1ccc2c(c1)CN(c1ncnc3ccccc13)CC2.